The lowest BCUT2D eigenvalue weighted by molar-refractivity contribution is -0.0383. The zero-order chi connectivity index (χ0) is 19.1. The van der Waals surface area contributed by atoms with E-state index >= 15 is 0 Å². The normalized spacial score (nSPS) is 23.4. The Morgan fingerprint density at radius 3 is 2.96 bits per heavy atom. The summed E-state index contributed by atoms with van der Waals surface area (Å²) < 4.78 is 15.1. The third-order valence-corrected chi connectivity index (χ3v) is 5.72. The first kappa shape index (κ1) is 17.9. The van der Waals surface area contributed by atoms with Crippen LogP contribution in [0.2, 0.25) is 5.15 Å². The average molecular weight is 403 g/mol. The van der Waals surface area contributed by atoms with Gasteiger partial charge >= 0.3 is 0 Å². The molecule has 0 spiro atoms. The van der Waals surface area contributed by atoms with Crippen LogP contribution in [0.1, 0.15) is 32.4 Å². The summed E-state index contributed by atoms with van der Waals surface area (Å²) in [7, 11) is 0. The van der Waals surface area contributed by atoms with Gasteiger partial charge in [0.1, 0.15) is 11.0 Å². The summed E-state index contributed by atoms with van der Waals surface area (Å²) in [5, 5.41) is 9.51. The van der Waals surface area contributed by atoms with Crippen LogP contribution in [0.3, 0.4) is 0 Å². The molecule has 3 aromatic heterocycles. The molecule has 2 aliphatic heterocycles. The molecule has 0 aromatic carbocycles. The minimum absolute atomic E-state index is 0.0494. The summed E-state index contributed by atoms with van der Waals surface area (Å²) in [6.07, 6.45) is 6.75. The van der Waals surface area contributed by atoms with Crippen LogP contribution >= 0.6 is 11.6 Å². The van der Waals surface area contributed by atoms with Crippen LogP contribution in [0.25, 0.3) is 16.9 Å². The molecule has 5 rings (SSSR count). The van der Waals surface area contributed by atoms with Gasteiger partial charge in [-0.15, -0.1) is 0 Å². The molecule has 9 heteroatoms. The standard InChI is InChI=1S/C19H23ClN6O2/c1-13-12-27-9-7-24(13)17-10-16(20)26-19(23-17)14(11-22-26)15-5-6-21-25(15)18-4-2-3-8-28-18/h5-6,10-11,13,18H,2-4,7-9,12H2,1H3/t13-,18?/m1/s1. The summed E-state index contributed by atoms with van der Waals surface area (Å²) in [5.41, 5.74) is 2.56. The lowest BCUT2D eigenvalue weighted by Gasteiger charge is -2.34. The Balaban J connectivity index is 1.59. The van der Waals surface area contributed by atoms with E-state index in [-0.39, 0.29) is 12.3 Å². The van der Waals surface area contributed by atoms with Crippen molar-refractivity contribution in [1.29, 1.82) is 0 Å². The molecule has 1 unspecified atom stereocenters. The van der Waals surface area contributed by atoms with E-state index in [2.05, 4.69) is 22.0 Å². The first-order chi connectivity index (χ1) is 13.7. The van der Waals surface area contributed by atoms with Crippen LogP contribution in [0.5, 0.6) is 0 Å². The van der Waals surface area contributed by atoms with E-state index in [1.165, 1.54) is 0 Å². The number of aromatic nitrogens is 5. The molecule has 0 N–H and O–H groups in total. The number of hydrogen-bond acceptors (Lipinski definition) is 6. The van der Waals surface area contributed by atoms with Crippen LogP contribution in [0.15, 0.2) is 24.5 Å². The summed E-state index contributed by atoms with van der Waals surface area (Å²) in [5.74, 6) is 0.843. The maximum atomic E-state index is 6.55. The van der Waals surface area contributed by atoms with Gasteiger partial charge in [-0.25, -0.2) is 14.2 Å². The largest absolute Gasteiger partial charge is 0.377 e. The fraction of sp³-hybridized carbons (Fsp3) is 0.526. The maximum absolute atomic E-state index is 6.55. The highest BCUT2D eigenvalue weighted by Crippen LogP contribution is 2.32. The molecule has 3 aromatic rings. The number of nitrogens with zero attached hydrogens (tertiary/aromatic N) is 6. The highest BCUT2D eigenvalue weighted by molar-refractivity contribution is 6.30. The van der Waals surface area contributed by atoms with E-state index < -0.39 is 0 Å². The summed E-state index contributed by atoms with van der Waals surface area (Å²) >= 11 is 6.55. The SMILES string of the molecule is C[C@@H]1COCCN1c1cc(Cl)n2ncc(-c3ccnn3C3CCCCO3)c2n1. The van der Waals surface area contributed by atoms with E-state index in [0.717, 1.165) is 55.1 Å². The van der Waals surface area contributed by atoms with Crippen LogP contribution in [0.4, 0.5) is 5.82 Å². The van der Waals surface area contributed by atoms with E-state index in [0.29, 0.717) is 18.4 Å². The smallest absolute Gasteiger partial charge is 0.168 e. The van der Waals surface area contributed by atoms with E-state index in [1.54, 1.807) is 16.9 Å². The fourth-order valence-corrected chi connectivity index (χ4v) is 4.20. The third kappa shape index (κ3) is 3.05. The van der Waals surface area contributed by atoms with Gasteiger partial charge in [0, 0.05) is 25.4 Å². The van der Waals surface area contributed by atoms with E-state index in [4.69, 9.17) is 26.1 Å². The quantitative estimate of drug-likeness (QED) is 0.627. The molecule has 0 radical (unpaired) electrons. The van der Waals surface area contributed by atoms with Gasteiger partial charge in [-0.2, -0.15) is 10.2 Å². The molecule has 2 fully saturated rings. The Kier molecular flexibility index (Phi) is 4.70. The van der Waals surface area contributed by atoms with E-state index in [1.807, 2.05) is 16.8 Å². The Hall–Kier alpha value is -2.16. The Morgan fingerprint density at radius 2 is 2.14 bits per heavy atom. The molecule has 0 aliphatic carbocycles. The predicted octanol–water partition coefficient (Wildman–Crippen LogP) is 3.17. The molecule has 2 saturated heterocycles. The van der Waals surface area contributed by atoms with Gasteiger partial charge in [0.2, 0.25) is 0 Å². The third-order valence-electron chi connectivity index (χ3n) is 5.45. The molecule has 5 heterocycles. The van der Waals surface area contributed by atoms with Crippen LogP contribution in [-0.2, 0) is 9.47 Å². The maximum Gasteiger partial charge on any atom is 0.168 e. The lowest BCUT2D eigenvalue weighted by atomic mass is 10.1. The Bertz CT molecular complexity index is 980. The molecule has 148 valence electrons. The van der Waals surface area contributed by atoms with Crippen molar-refractivity contribution in [1.82, 2.24) is 24.4 Å². The highest BCUT2D eigenvalue weighted by atomic mass is 35.5. The molecule has 8 nitrogen and oxygen atoms in total. The molecule has 28 heavy (non-hydrogen) atoms. The second-order valence-electron chi connectivity index (χ2n) is 7.33. The topological polar surface area (TPSA) is 69.7 Å². The van der Waals surface area contributed by atoms with Crippen molar-refractivity contribution in [2.24, 2.45) is 0 Å². The number of morpholine rings is 1. The summed E-state index contributed by atoms with van der Waals surface area (Å²) in [4.78, 5) is 7.15. The predicted molar refractivity (Wildman–Crippen MR) is 106 cm³/mol. The second kappa shape index (κ2) is 7.35. The van der Waals surface area contributed by atoms with Gasteiger partial charge in [-0.1, -0.05) is 11.6 Å². The minimum Gasteiger partial charge on any atom is -0.377 e. The number of ether oxygens (including phenoxy) is 2. The second-order valence-corrected chi connectivity index (χ2v) is 7.72. The van der Waals surface area contributed by atoms with Gasteiger partial charge in [0.05, 0.1) is 36.7 Å². The number of halogens is 1. The zero-order valence-corrected chi connectivity index (χ0v) is 16.5. The van der Waals surface area contributed by atoms with Crippen molar-refractivity contribution in [2.45, 2.75) is 38.5 Å². The van der Waals surface area contributed by atoms with Crippen molar-refractivity contribution in [3.05, 3.63) is 29.7 Å². The molecule has 0 saturated carbocycles. The number of hydrogen-bond donors (Lipinski definition) is 0. The zero-order valence-electron chi connectivity index (χ0n) is 15.8. The monoisotopic (exact) mass is 402 g/mol. The lowest BCUT2D eigenvalue weighted by Crippen LogP contribution is -2.44. The summed E-state index contributed by atoms with van der Waals surface area (Å²) in [6.45, 7) is 5.06. The molecular formula is C19H23ClN6O2. The van der Waals surface area contributed by atoms with Crippen molar-refractivity contribution in [3.63, 3.8) is 0 Å². The van der Waals surface area contributed by atoms with Gasteiger partial charge in [-0.05, 0) is 32.3 Å². The van der Waals surface area contributed by atoms with E-state index in [9.17, 15) is 0 Å². The minimum atomic E-state index is -0.0494. The van der Waals surface area contributed by atoms with Gasteiger partial charge < -0.3 is 14.4 Å². The van der Waals surface area contributed by atoms with Crippen molar-refractivity contribution >= 4 is 23.1 Å². The van der Waals surface area contributed by atoms with Gasteiger partial charge in [0.25, 0.3) is 0 Å². The highest BCUT2D eigenvalue weighted by Gasteiger charge is 2.25. The van der Waals surface area contributed by atoms with Crippen LogP contribution in [-0.4, -0.2) is 56.8 Å². The van der Waals surface area contributed by atoms with Crippen LogP contribution < -0.4 is 4.90 Å². The number of rotatable bonds is 3. The van der Waals surface area contributed by atoms with Gasteiger partial charge in [-0.3, -0.25) is 0 Å². The van der Waals surface area contributed by atoms with Gasteiger partial charge in [0.15, 0.2) is 11.9 Å². The fourth-order valence-electron chi connectivity index (χ4n) is 3.98. The molecule has 2 atom stereocenters. The number of fused-ring (bicyclic) bond motifs is 1. The van der Waals surface area contributed by atoms with Crippen molar-refractivity contribution in [2.75, 3.05) is 31.3 Å². The molecule has 0 amide bonds. The first-order valence-electron chi connectivity index (χ1n) is 9.76. The first-order valence-corrected chi connectivity index (χ1v) is 10.1. The van der Waals surface area contributed by atoms with Crippen molar-refractivity contribution in [3.8, 4) is 11.3 Å². The van der Waals surface area contributed by atoms with Crippen molar-refractivity contribution < 1.29 is 9.47 Å². The average Bonchev–Trinajstić information content (AvgIpc) is 3.36. The van der Waals surface area contributed by atoms with Crippen LogP contribution in [0, 0.1) is 0 Å². The Morgan fingerprint density at radius 1 is 1.21 bits per heavy atom. The summed E-state index contributed by atoms with van der Waals surface area (Å²) in [6, 6.07) is 4.09. The molecular weight excluding hydrogens is 380 g/mol. The number of anilines is 1. The Labute approximate surface area is 168 Å². The molecule has 2 aliphatic rings. The molecule has 0 bridgehead atoms.